The first-order valence-corrected chi connectivity index (χ1v) is 13.2. The molecule has 2 nitrogen and oxygen atoms in total. The predicted molar refractivity (Wildman–Crippen MR) is 142 cm³/mol. The van der Waals surface area contributed by atoms with E-state index in [1.165, 1.54) is 26.7 Å². The summed E-state index contributed by atoms with van der Waals surface area (Å²) in [6, 6.07) is 43.8. The smallest absolute Gasteiger partial charge is 0.118 e. The Morgan fingerprint density at radius 1 is 0.559 bits per heavy atom. The lowest BCUT2D eigenvalue weighted by atomic mass is 10.2. The van der Waals surface area contributed by atoms with E-state index < -0.39 is 7.26 Å². The molecule has 0 aliphatic rings. The molecule has 0 amide bonds. The fourth-order valence-corrected chi connectivity index (χ4v) is 9.04. The van der Waals surface area contributed by atoms with Gasteiger partial charge in [0.2, 0.25) is 0 Å². The largest absolute Gasteiger partial charge is 1.00 e. The predicted octanol–water partition coefficient (Wildman–Crippen LogP) is 3.21. The second-order valence-corrected chi connectivity index (χ2v) is 11.9. The van der Waals surface area contributed by atoms with E-state index in [9.17, 15) is 0 Å². The molecule has 0 spiro atoms. The van der Waals surface area contributed by atoms with Crippen LogP contribution in [0.3, 0.4) is 0 Å². The highest BCUT2D eigenvalue weighted by Crippen LogP contribution is 2.58. The van der Waals surface area contributed by atoms with Gasteiger partial charge in [-0.3, -0.25) is 4.98 Å². The monoisotopic (exact) mass is 478 g/mol. The van der Waals surface area contributed by atoms with Crippen molar-refractivity contribution >= 4 is 45.0 Å². The van der Waals surface area contributed by atoms with E-state index in [2.05, 4.69) is 126 Å². The minimum Gasteiger partial charge on any atom is -1.00 e. The highest BCUT2D eigenvalue weighted by atomic mass is 35.5. The number of benzene rings is 4. The van der Waals surface area contributed by atoms with Crippen LogP contribution in [0.1, 0.15) is 5.69 Å². The summed E-state index contributed by atoms with van der Waals surface area (Å²) in [5.41, 5.74) is 3.36. The number of hydrogen-bond donors (Lipinski definition) is 1. The Morgan fingerprint density at radius 3 is 1.62 bits per heavy atom. The Morgan fingerprint density at radius 2 is 1.06 bits per heavy atom. The Bertz CT molecular complexity index is 1430. The van der Waals surface area contributed by atoms with E-state index in [0.29, 0.717) is 0 Å². The van der Waals surface area contributed by atoms with Crippen molar-refractivity contribution in [3.05, 3.63) is 133 Å². The van der Waals surface area contributed by atoms with E-state index in [4.69, 9.17) is 4.98 Å². The van der Waals surface area contributed by atoms with Crippen LogP contribution in [-0.4, -0.2) is 9.97 Å². The summed E-state index contributed by atoms with van der Waals surface area (Å²) in [4.78, 5) is 8.47. The van der Waals surface area contributed by atoms with Gasteiger partial charge in [-0.05, 0) is 48.5 Å². The number of hydrogen-bond acceptors (Lipinski definition) is 1. The molecule has 1 N–H and O–H groups in total. The van der Waals surface area contributed by atoms with Crippen LogP contribution in [0, 0.1) is 0 Å². The molecule has 6 rings (SSSR count). The van der Waals surface area contributed by atoms with Crippen molar-refractivity contribution < 1.29 is 12.4 Å². The van der Waals surface area contributed by atoms with Crippen molar-refractivity contribution in [3.63, 3.8) is 0 Å². The first-order valence-electron chi connectivity index (χ1n) is 11.2. The van der Waals surface area contributed by atoms with Crippen molar-refractivity contribution in [1.29, 1.82) is 0 Å². The number of aromatic nitrogens is 2. The Balaban J connectivity index is 0.00000241. The van der Waals surface area contributed by atoms with Crippen molar-refractivity contribution in [1.82, 2.24) is 9.97 Å². The zero-order chi connectivity index (χ0) is 22.1. The molecule has 0 atom stereocenters. The Kier molecular flexibility index (Phi) is 6.20. The molecule has 0 unspecified atom stereocenters. The molecular formula is C30H24ClN2P. The topological polar surface area (TPSA) is 28.7 Å². The van der Waals surface area contributed by atoms with E-state index in [0.717, 1.165) is 22.9 Å². The molecule has 0 bridgehead atoms. The van der Waals surface area contributed by atoms with Gasteiger partial charge in [0.25, 0.3) is 0 Å². The van der Waals surface area contributed by atoms with Gasteiger partial charge in [0.05, 0.1) is 17.4 Å². The number of nitrogens with one attached hydrogen (secondary N) is 1. The molecule has 4 heteroatoms. The molecule has 0 saturated heterocycles. The normalized spacial score (nSPS) is 11.4. The second-order valence-electron chi connectivity index (χ2n) is 8.37. The average molecular weight is 479 g/mol. The number of nitrogens with zero attached hydrogens (tertiary/aromatic N) is 1. The quantitative estimate of drug-likeness (QED) is 0.379. The van der Waals surface area contributed by atoms with Crippen molar-refractivity contribution in [2.24, 2.45) is 0 Å². The second kappa shape index (κ2) is 9.43. The molecule has 166 valence electrons. The summed E-state index contributed by atoms with van der Waals surface area (Å²) < 4.78 is 0. The summed E-state index contributed by atoms with van der Waals surface area (Å²) in [5.74, 6) is 0. The minimum atomic E-state index is -1.97. The van der Waals surface area contributed by atoms with E-state index in [1.807, 2.05) is 6.20 Å². The SMILES string of the molecule is [Cl-].c1ccc([P+](Cc2cc3c(cn2)[nH]c2ccccc23)(c2ccccc2)c2ccccc2)cc1. The van der Waals surface area contributed by atoms with Gasteiger partial charge in [0, 0.05) is 16.3 Å². The number of H-pyrrole nitrogens is 1. The molecule has 2 aromatic heterocycles. The van der Waals surface area contributed by atoms with Crippen LogP contribution in [0.25, 0.3) is 21.8 Å². The fraction of sp³-hybridized carbons (Fsp3) is 0.0333. The Hall–Kier alpha value is -3.45. The summed E-state index contributed by atoms with van der Waals surface area (Å²) in [6.45, 7) is 0. The fourth-order valence-electron chi connectivity index (χ4n) is 4.89. The summed E-state index contributed by atoms with van der Waals surface area (Å²) in [5, 5.41) is 6.62. The number of rotatable bonds is 5. The maximum Gasteiger partial charge on any atom is 0.118 e. The van der Waals surface area contributed by atoms with Crippen LogP contribution in [0.15, 0.2) is 128 Å². The molecule has 0 saturated carbocycles. The van der Waals surface area contributed by atoms with Gasteiger partial charge in [-0.25, -0.2) is 0 Å². The molecule has 0 fully saturated rings. The third kappa shape index (κ3) is 3.80. The van der Waals surface area contributed by atoms with Crippen LogP contribution in [0.5, 0.6) is 0 Å². The lowest BCUT2D eigenvalue weighted by Gasteiger charge is -2.27. The number of aromatic amines is 1. The zero-order valence-corrected chi connectivity index (χ0v) is 20.3. The van der Waals surface area contributed by atoms with Gasteiger partial charge in [-0.2, -0.15) is 0 Å². The first kappa shape index (κ1) is 22.3. The number of pyridine rings is 1. The number of fused-ring (bicyclic) bond motifs is 3. The molecule has 6 aromatic rings. The van der Waals surface area contributed by atoms with Gasteiger partial charge >= 0.3 is 0 Å². The summed E-state index contributed by atoms with van der Waals surface area (Å²) >= 11 is 0. The van der Waals surface area contributed by atoms with E-state index in [1.54, 1.807) is 0 Å². The van der Waals surface area contributed by atoms with Gasteiger partial charge in [0.1, 0.15) is 29.3 Å². The first-order chi connectivity index (χ1) is 16.3. The minimum absolute atomic E-state index is 0. The van der Waals surface area contributed by atoms with E-state index >= 15 is 0 Å². The lowest BCUT2D eigenvalue weighted by molar-refractivity contribution is -0.00000644. The number of para-hydroxylation sites is 1. The molecule has 4 aromatic carbocycles. The molecular weight excluding hydrogens is 455 g/mol. The maximum atomic E-state index is 4.96. The molecule has 2 heterocycles. The highest BCUT2D eigenvalue weighted by molar-refractivity contribution is 7.95. The standard InChI is InChI=1S/C30H24N2P.ClH/c1-4-12-24(13-5-1)33(25-14-6-2-7-15-25,26-16-8-3-9-17-26)22-23-20-28-27-18-10-11-19-29(27)32-30(28)21-31-23;/h1-21,32H,22H2;1H/q+1;/p-1. The molecule has 34 heavy (non-hydrogen) atoms. The third-order valence-corrected chi connectivity index (χ3v) is 10.8. The van der Waals surface area contributed by atoms with Crippen LogP contribution in [-0.2, 0) is 6.16 Å². The molecule has 0 radical (unpaired) electrons. The molecule has 0 aliphatic carbocycles. The average Bonchev–Trinajstić information content (AvgIpc) is 3.27. The third-order valence-electron chi connectivity index (χ3n) is 6.44. The summed E-state index contributed by atoms with van der Waals surface area (Å²) in [7, 11) is -1.97. The van der Waals surface area contributed by atoms with Crippen LogP contribution in [0.4, 0.5) is 0 Å². The van der Waals surface area contributed by atoms with Crippen LogP contribution in [0.2, 0.25) is 0 Å². The summed E-state index contributed by atoms with van der Waals surface area (Å²) in [6.07, 6.45) is 2.88. The van der Waals surface area contributed by atoms with Gasteiger partial charge in [-0.15, -0.1) is 0 Å². The van der Waals surface area contributed by atoms with Gasteiger partial charge < -0.3 is 17.4 Å². The van der Waals surface area contributed by atoms with Gasteiger partial charge in [-0.1, -0.05) is 72.8 Å². The van der Waals surface area contributed by atoms with Crippen molar-refractivity contribution in [2.75, 3.05) is 0 Å². The van der Waals surface area contributed by atoms with Gasteiger partial charge in [0.15, 0.2) is 0 Å². The zero-order valence-electron chi connectivity index (χ0n) is 18.6. The molecule has 0 aliphatic heterocycles. The van der Waals surface area contributed by atoms with Crippen LogP contribution >= 0.6 is 7.26 Å². The van der Waals surface area contributed by atoms with E-state index in [-0.39, 0.29) is 12.4 Å². The maximum absolute atomic E-state index is 4.96. The van der Waals surface area contributed by atoms with Crippen LogP contribution < -0.4 is 28.3 Å². The van der Waals surface area contributed by atoms with Crippen molar-refractivity contribution in [2.45, 2.75) is 6.16 Å². The lowest BCUT2D eigenvalue weighted by Crippen LogP contribution is -3.00. The number of halogens is 1. The highest BCUT2D eigenvalue weighted by Gasteiger charge is 2.45. The Labute approximate surface area is 206 Å². The van der Waals surface area contributed by atoms with Crippen molar-refractivity contribution in [3.8, 4) is 0 Å².